The summed E-state index contributed by atoms with van der Waals surface area (Å²) in [5.74, 6) is 0.362. The van der Waals surface area contributed by atoms with Gasteiger partial charge in [-0.25, -0.2) is 0 Å². The lowest BCUT2D eigenvalue weighted by molar-refractivity contribution is 0.331. The Bertz CT molecular complexity index is 688. The molecule has 0 spiro atoms. The topological polar surface area (TPSA) is 119 Å². The zero-order valence-corrected chi connectivity index (χ0v) is 12.8. The summed E-state index contributed by atoms with van der Waals surface area (Å²) < 4.78 is 0. The second-order valence-corrected chi connectivity index (χ2v) is 6.97. The molecule has 0 aliphatic heterocycles. The van der Waals surface area contributed by atoms with Gasteiger partial charge in [-0.05, 0) is 53.9 Å². The van der Waals surface area contributed by atoms with Crippen LogP contribution in [0.4, 0.5) is 0 Å². The molecule has 116 valence electrons. The lowest BCUT2D eigenvalue weighted by Gasteiger charge is -2.42. The van der Waals surface area contributed by atoms with E-state index >= 15 is 0 Å². The van der Waals surface area contributed by atoms with Gasteiger partial charge in [0.2, 0.25) is 0 Å². The van der Waals surface area contributed by atoms with Crippen molar-refractivity contribution >= 4 is 11.8 Å². The Morgan fingerprint density at radius 2 is 1.64 bits per heavy atom. The van der Waals surface area contributed by atoms with Crippen LogP contribution in [0.25, 0.3) is 0 Å². The third-order valence-electron chi connectivity index (χ3n) is 4.06. The second-order valence-electron chi connectivity index (χ2n) is 5.65. The van der Waals surface area contributed by atoms with Crippen LogP contribution in [-0.2, 0) is 12.1 Å². The Hall–Kier alpha value is -1.73. The van der Waals surface area contributed by atoms with Crippen molar-refractivity contribution in [2.75, 3.05) is 0 Å². The lowest BCUT2D eigenvalue weighted by Crippen LogP contribution is -2.65. The monoisotopic (exact) mass is 317 g/mol. The van der Waals surface area contributed by atoms with Crippen molar-refractivity contribution in [2.45, 2.75) is 28.3 Å². The molecule has 2 aromatic rings. The highest BCUT2D eigenvalue weighted by Gasteiger charge is 2.42. The predicted octanol–water partition coefficient (Wildman–Crippen LogP) is 1.21. The third-order valence-corrected chi connectivity index (χ3v) is 5.36. The fourth-order valence-corrected chi connectivity index (χ4v) is 4.07. The van der Waals surface area contributed by atoms with Gasteiger partial charge in [0.1, 0.15) is 17.2 Å². The molecule has 2 aromatic carbocycles. The number of nitrogens with two attached hydrogens (primary N) is 3. The maximum absolute atomic E-state index is 9.65. The standard InChI is InChI=1S/C16H19N3O2S/c17-15-14(22-12-5-3-10(20)4-6-12)7-9-1-2-11(21)8-13(9)16(15,18)19/h1-6,8,14-15,20-21H,7,17-19H2/t14-,15+/m0/s1. The SMILES string of the molecule is N[C@@H]1[C@@H](Sc2ccc(O)cc2)Cc2ccc(O)cc2C1(N)N. The fourth-order valence-electron chi connectivity index (χ4n) is 2.79. The average molecular weight is 317 g/mol. The summed E-state index contributed by atoms with van der Waals surface area (Å²) in [6, 6.07) is 11.6. The number of benzene rings is 2. The summed E-state index contributed by atoms with van der Waals surface area (Å²) in [4.78, 5) is 0.997. The highest BCUT2D eigenvalue weighted by atomic mass is 32.2. The van der Waals surface area contributed by atoms with Crippen molar-refractivity contribution in [3.05, 3.63) is 53.6 Å². The Balaban J connectivity index is 1.91. The van der Waals surface area contributed by atoms with Crippen LogP contribution in [-0.4, -0.2) is 21.5 Å². The third kappa shape index (κ3) is 2.66. The van der Waals surface area contributed by atoms with E-state index in [1.807, 2.05) is 18.2 Å². The largest absolute Gasteiger partial charge is 0.508 e. The van der Waals surface area contributed by atoms with Gasteiger partial charge in [0, 0.05) is 10.1 Å². The minimum absolute atomic E-state index is 0.0107. The number of hydrogen-bond donors (Lipinski definition) is 5. The molecule has 0 unspecified atom stereocenters. The van der Waals surface area contributed by atoms with Crippen molar-refractivity contribution in [1.82, 2.24) is 0 Å². The molecule has 0 saturated heterocycles. The zero-order chi connectivity index (χ0) is 15.9. The zero-order valence-electron chi connectivity index (χ0n) is 11.9. The van der Waals surface area contributed by atoms with Crippen molar-refractivity contribution in [2.24, 2.45) is 17.2 Å². The van der Waals surface area contributed by atoms with Gasteiger partial charge in [-0.2, -0.15) is 0 Å². The molecule has 6 heteroatoms. The van der Waals surface area contributed by atoms with Gasteiger partial charge < -0.3 is 27.4 Å². The van der Waals surface area contributed by atoms with Crippen LogP contribution in [0.3, 0.4) is 0 Å². The number of phenolic OH excluding ortho intramolecular Hbond substituents is 2. The number of aromatic hydroxyl groups is 2. The molecule has 0 aromatic heterocycles. The smallest absolute Gasteiger partial charge is 0.115 e. The van der Waals surface area contributed by atoms with Crippen LogP contribution in [0.2, 0.25) is 0 Å². The minimum atomic E-state index is -1.19. The van der Waals surface area contributed by atoms with Crippen molar-refractivity contribution in [1.29, 1.82) is 0 Å². The first-order valence-electron chi connectivity index (χ1n) is 6.99. The van der Waals surface area contributed by atoms with E-state index in [1.165, 1.54) is 0 Å². The summed E-state index contributed by atoms with van der Waals surface area (Å²) in [5.41, 5.74) is 19.3. The summed E-state index contributed by atoms with van der Waals surface area (Å²) in [6.45, 7) is 0. The van der Waals surface area contributed by atoms with Crippen LogP contribution in [0.15, 0.2) is 47.4 Å². The van der Waals surface area contributed by atoms with Crippen LogP contribution in [0.1, 0.15) is 11.1 Å². The van der Waals surface area contributed by atoms with Crippen molar-refractivity contribution < 1.29 is 10.2 Å². The normalized spacial score (nSPS) is 23.0. The van der Waals surface area contributed by atoms with Crippen LogP contribution < -0.4 is 17.2 Å². The Kier molecular flexibility index (Phi) is 3.78. The summed E-state index contributed by atoms with van der Waals surface area (Å²) in [5, 5.41) is 19.0. The molecule has 1 aliphatic carbocycles. The first kappa shape index (κ1) is 15.2. The van der Waals surface area contributed by atoms with Gasteiger partial charge >= 0.3 is 0 Å². The molecule has 0 radical (unpaired) electrons. The van der Waals surface area contributed by atoms with Gasteiger partial charge in [0.15, 0.2) is 0 Å². The molecular formula is C16H19N3O2S. The molecule has 1 aliphatic rings. The predicted molar refractivity (Wildman–Crippen MR) is 87.6 cm³/mol. The number of phenols is 2. The highest BCUT2D eigenvalue weighted by molar-refractivity contribution is 8.00. The highest BCUT2D eigenvalue weighted by Crippen LogP contribution is 2.39. The first-order chi connectivity index (χ1) is 10.4. The van der Waals surface area contributed by atoms with E-state index < -0.39 is 11.7 Å². The Morgan fingerprint density at radius 3 is 2.32 bits per heavy atom. The van der Waals surface area contributed by atoms with Crippen LogP contribution >= 0.6 is 11.8 Å². The van der Waals surface area contributed by atoms with Crippen LogP contribution in [0.5, 0.6) is 11.5 Å². The number of rotatable bonds is 2. The molecule has 22 heavy (non-hydrogen) atoms. The van der Waals surface area contributed by atoms with Crippen molar-refractivity contribution in [3.8, 4) is 11.5 Å². The van der Waals surface area contributed by atoms with Crippen LogP contribution in [0, 0.1) is 0 Å². The van der Waals surface area contributed by atoms with Gasteiger partial charge in [-0.3, -0.25) is 0 Å². The molecule has 0 fully saturated rings. The molecule has 0 amide bonds. The average Bonchev–Trinajstić information content (AvgIpc) is 2.48. The van der Waals surface area contributed by atoms with E-state index in [2.05, 4.69) is 0 Å². The summed E-state index contributed by atoms with van der Waals surface area (Å²) in [6.07, 6.45) is 0.721. The van der Waals surface area contributed by atoms with E-state index in [0.717, 1.165) is 16.9 Å². The molecule has 0 saturated carbocycles. The summed E-state index contributed by atoms with van der Waals surface area (Å²) in [7, 11) is 0. The molecule has 8 N–H and O–H groups in total. The van der Waals surface area contributed by atoms with E-state index in [0.29, 0.717) is 5.56 Å². The van der Waals surface area contributed by atoms with E-state index in [9.17, 15) is 10.2 Å². The van der Waals surface area contributed by atoms with Gasteiger partial charge in [0.25, 0.3) is 0 Å². The number of fused-ring (bicyclic) bond motifs is 1. The van der Waals surface area contributed by atoms with Gasteiger partial charge in [0.05, 0.1) is 6.04 Å². The Labute approximate surface area is 133 Å². The minimum Gasteiger partial charge on any atom is -0.508 e. The molecular weight excluding hydrogens is 298 g/mol. The van der Waals surface area contributed by atoms with E-state index in [4.69, 9.17) is 17.2 Å². The van der Waals surface area contributed by atoms with Gasteiger partial charge in [-0.1, -0.05) is 6.07 Å². The molecule has 5 nitrogen and oxygen atoms in total. The van der Waals surface area contributed by atoms with Crippen molar-refractivity contribution in [3.63, 3.8) is 0 Å². The van der Waals surface area contributed by atoms with E-state index in [-0.39, 0.29) is 16.7 Å². The maximum atomic E-state index is 9.65. The molecule has 0 heterocycles. The van der Waals surface area contributed by atoms with Gasteiger partial charge in [-0.15, -0.1) is 11.8 Å². The summed E-state index contributed by atoms with van der Waals surface area (Å²) >= 11 is 1.59. The maximum Gasteiger partial charge on any atom is 0.115 e. The molecule has 0 bridgehead atoms. The number of thioether (sulfide) groups is 1. The Morgan fingerprint density at radius 1 is 1.00 bits per heavy atom. The van der Waals surface area contributed by atoms with E-state index in [1.54, 1.807) is 36.0 Å². The number of hydrogen-bond acceptors (Lipinski definition) is 6. The fraction of sp³-hybridized carbons (Fsp3) is 0.250. The molecule has 2 atom stereocenters. The quantitative estimate of drug-likeness (QED) is 0.531. The first-order valence-corrected chi connectivity index (χ1v) is 7.87. The lowest BCUT2D eigenvalue weighted by atomic mass is 9.80. The molecule has 3 rings (SSSR count). The second kappa shape index (κ2) is 5.48.